The number of rotatable bonds is 16. The van der Waals surface area contributed by atoms with Gasteiger partial charge in [-0.1, -0.05) is 45.9 Å². The number of aliphatic carboxylic acids is 2. The number of para-hydroxylation sites is 1. The van der Waals surface area contributed by atoms with Crippen LogP contribution in [0.4, 0.5) is 0 Å². The average Bonchev–Trinajstić information content (AvgIpc) is 3.27. The molecule has 220 valence electrons. The highest BCUT2D eigenvalue weighted by Crippen LogP contribution is 2.19. The molecule has 4 unspecified atom stereocenters. The zero-order valence-electron chi connectivity index (χ0n) is 23.4. The Labute approximate surface area is 233 Å². The van der Waals surface area contributed by atoms with E-state index in [4.69, 9.17) is 10.8 Å². The summed E-state index contributed by atoms with van der Waals surface area (Å²) >= 11 is 0. The Balaban J connectivity index is 2.32. The summed E-state index contributed by atoms with van der Waals surface area (Å²) in [6.07, 6.45) is 1.64. The third-order valence-corrected chi connectivity index (χ3v) is 6.40. The lowest BCUT2D eigenvalue weighted by Gasteiger charge is -2.26. The Kier molecular flexibility index (Phi) is 12.1. The molecule has 0 saturated carbocycles. The minimum atomic E-state index is -1.47. The van der Waals surface area contributed by atoms with Crippen LogP contribution in [0.3, 0.4) is 0 Å². The SMILES string of the molecule is CC(C)CC(N)C(=O)NC(CC(C)C)C(=O)NC(Cc1c[nH]c2ccccc12)C(=O)NC(CCC(=O)O)C(=O)O. The van der Waals surface area contributed by atoms with Crippen molar-refractivity contribution in [1.29, 1.82) is 0 Å². The predicted molar refractivity (Wildman–Crippen MR) is 149 cm³/mol. The van der Waals surface area contributed by atoms with Gasteiger partial charge in [-0.2, -0.15) is 0 Å². The number of aromatic nitrogens is 1. The lowest BCUT2D eigenvalue weighted by Crippen LogP contribution is -2.58. The summed E-state index contributed by atoms with van der Waals surface area (Å²) < 4.78 is 0. The number of hydrogen-bond acceptors (Lipinski definition) is 6. The van der Waals surface area contributed by atoms with Crippen LogP contribution in [-0.2, 0) is 30.4 Å². The molecule has 0 spiro atoms. The van der Waals surface area contributed by atoms with Crippen LogP contribution in [0.25, 0.3) is 10.9 Å². The van der Waals surface area contributed by atoms with Gasteiger partial charge in [-0.25, -0.2) is 4.79 Å². The lowest BCUT2D eigenvalue weighted by molar-refractivity contribution is -0.143. The third-order valence-electron chi connectivity index (χ3n) is 6.40. The van der Waals surface area contributed by atoms with Crippen molar-refractivity contribution >= 4 is 40.6 Å². The van der Waals surface area contributed by atoms with Crippen molar-refractivity contribution in [3.05, 3.63) is 36.0 Å². The van der Waals surface area contributed by atoms with Gasteiger partial charge in [0.15, 0.2) is 0 Å². The molecule has 2 aromatic rings. The van der Waals surface area contributed by atoms with Crippen molar-refractivity contribution in [2.24, 2.45) is 17.6 Å². The topological polar surface area (TPSA) is 204 Å². The van der Waals surface area contributed by atoms with E-state index >= 15 is 0 Å². The van der Waals surface area contributed by atoms with Crippen LogP contribution in [0, 0.1) is 11.8 Å². The van der Waals surface area contributed by atoms with Crippen LogP contribution < -0.4 is 21.7 Å². The Morgan fingerprint density at radius 1 is 0.825 bits per heavy atom. The van der Waals surface area contributed by atoms with Gasteiger partial charge < -0.3 is 36.9 Å². The molecule has 4 atom stereocenters. The van der Waals surface area contributed by atoms with Gasteiger partial charge in [0.05, 0.1) is 6.04 Å². The van der Waals surface area contributed by atoms with Gasteiger partial charge in [0.25, 0.3) is 0 Å². The van der Waals surface area contributed by atoms with E-state index in [1.54, 1.807) is 6.20 Å². The molecule has 12 heteroatoms. The normalized spacial score (nSPS) is 14.4. The van der Waals surface area contributed by atoms with Gasteiger partial charge in [0, 0.05) is 29.9 Å². The van der Waals surface area contributed by atoms with Gasteiger partial charge in [-0.15, -0.1) is 0 Å². The molecule has 3 amide bonds. The quantitative estimate of drug-likeness (QED) is 0.160. The summed E-state index contributed by atoms with van der Waals surface area (Å²) in [6, 6.07) is 2.91. The number of carbonyl (C=O) groups excluding carboxylic acids is 3. The number of carboxylic acids is 2. The summed E-state index contributed by atoms with van der Waals surface area (Å²) in [7, 11) is 0. The average molecular weight is 560 g/mol. The second kappa shape index (κ2) is 15.0. The van der Waals surface area contributed by atoms with Crippen molar-refractivity contribution in [2.75, 3.05) is 0 Å². The highest BCUT2D eigenvalue weighted by atomic mass is 16.4. The van der Waals surface area contributed by atoms with E-state index in [1.807, 2.05) is 52.0 Å². The number of amides is 3. The molecule has 0 fully saturated rings. The first-order valence-corrected chi connectivity index (χ1v) is 13.4. The fraction of sp³-hybridized carbons (Fsp3) is 0.536. The van der Waals surface area contributed by atoms with E-state index in [1.165, 1.54) is 0 Å². The maximum Gasteiger partial charge on any atom is 0.326 e. The minimum Gasteiger partial charge on any atom is -0.481 e. The second-order valence-corrected chi connectivity index (χ2v) is 10.9. The third kappa shape index (κ3) is 9.99. The highest BCUT2D eigenvalue weighted by Gasteiger charge is 2.31. The summed E-state index contributed by atoms with van der Waals surface area (Å²) in [5.41, 5.74) is 7.54. The number of carboxylic acid groups (broad SMARTS) is 2. The van der Waals surface area contributed by atoms with E-state index in [0.717, 1.165) is 10.9 Å². The fourth-order valence-electron chi connectivity index (χ4n) is 4.40. The molecule has 1 aromatic carbocycles. The van der Waals surface area contributed by atoms with Crippen LogP contribution in [0.2, 0.25) is 0 Å². The first-order chi connectivity index (χ1) is 18.8. The number of carbonyl (C=O) groups is 5. The van der Waals surface area contributed by atoms with E-state index < -0.39 is 60.2 Å². The van der Waals surface area contributed by atoms with Gasteiger partial charge in [0.1, 0.15) is 18.1 Å². The number of H-pyrrole nitrogens is 1. The van der Waals surface area contributed by atoms with E-state index in [0.29, 0.717) is 12.0 Å². The van der Waals surface area contributed by atoms with Crippen LogP contribution in [0.15, 0.2) is 30.5 Å². The van der Waals surface area contributed by atoms with Crippen LogP contribution in [0.5, 0.6) is 0 Å². The molecule has 40 heavy (non-hydrogen) atoms. The number of fused-ring (bicyclic) bond motifs is 1. The Bertz CT molecular complexity index is 1190. The van der Waals surface area contributed by atoms with Crippen molar-refractivity contribution in [3.63, 3.8) is 0 Å². The summed E-state index contributed by atoms with van der Waals surface area (Å²) in [6.45, 7) is 7.63. The Morgan fingerprint density at radius 3 is 2.00 bits per heavy atom. The number of nitrogens with one attached hydrogen (secondary N) is 4. The molecule has 1 aromatic heterocycles. The molecule has 0 radical (unpaired) electrons. The molecule has 8 N–H and O–H groups in total. The zero-order valence-corrected chi connectivity index (χ0v) is 23.4. The second-order valence-electron chi connectivity index (χ2n) is 10.9. The number of nitrogens with two attached hydrogens (primary N) is 1. The van der Waals surface area contributed by atoms with Gasteiger partial charge >= 0.3 is 11.9 Å². The van der Waals surface area contributed by atoms with E-state index in [2.05, 4.69) is 20.9 Å². The Hall–Kier alpha value is -3.93. The van der Waals surface area contributed by atoms with Gasteiger partial charge in [0.2, 0.25) is 17.7 Å². The minimum absolute atomic E-state index is 0.0159. The molecule has 0 saturated heterocycles. The summed E-state index contributed by atoms with van der Waals surface area (Å²) in [5, 5.41) is 27.1. The maximum absolute atomic E-state index is 13.5. The zero-order chi connectivity index (χ0) is 30.0. The highest BCUT2D eigenvalue weighted by molar-refractivity contribution is 5.95. The molecule has 0 aliphatic rings. The first-order valence-electron chi connectivity index (χ1n) is 13.4. The van der Waals surface area contributed by atoms with Gasteiger partial charge in [-0.3, -0.25) is 19.2 Å². The monoisotopic (exact) mass is 559 g/mol. The van der Waals surface area contributed by atoms with E-state index in [9.17, 15) is 29.1 Å². The molecular formula is C28H41N5O7. The first kappa shape index (κ1) is 32.3. The van der Waals surface area contributed by atoms with Crippen molar-refractivity contribution in [1.82, 2.24) is 20.9 Å². The summed E-state index contributed by atoms with van der Waals surface area (Å²) in [5.74, 6) is -4.29. The van der Waals surface area contributed by atoms with Crippen LogP contribution in [-0.4, -0.2) is 69.0 Å². The smallest absolute Gasteiger partial charge is 0.326 e. The molecule has 0 aliphatic carbocycles. The van der Waals surface area contributed by atoms with Crippen LogP contribution in [0.1, 0.15) is 58.9 Å². The number of benzene rings is 1. The summed E-state index contributed by atoms with van der Waals surface area (Å²) in [4.78, 5) is 65.3. The number of aromatic amines is 1. The van der Waals surface area contributed by atoms with Gasteiger partial charge in [-0.05, 0) is 42.7 Å². The lowest BCUT2D eigenvalue weighted by atomic mass is 9.99. The van der Waals surface area contributed by atoms with Crippen molar-refractivity contribution in [2.45, 2.75) is 84.0 Å². The predicted octanol–water partition coefficient (Wildman–Crippen LogP) is 1.53. The molecule has 0 bridgehead atoms. The standard InChI is InChI=1S/C28H41N5O7/c1-15(2)11-19(29)25(36)32-22(12-16(3)4)26(37)33-23(13-17-14-30-20-8-6-5-7-18(17)20)27(38)31-21(28(39)40)9-10-24(34)35/h5-8,14-16,19,21-23,30H,9-13,29H2,1-4H3,(H,31,38)(H,32,36)(H,33,37)(H,34,35)(H,39,40). The molecule has 2 rings (SSSR count). The molecule has 12 nitrogen and oxygen atoms in total. The number of hydrogen-bond donors (Lipinski definition) is 7. The van der Waals surface area contributed by atoms with Crippen molar-refractivity contribution in [3.8, 4) is 0 Å². The largest absolute Gasteiger partial charge is 0.481 e. The van der Waals surface area contributed by atoms with E-state index in [-0.39, 0.29) is 31.1 Å². The molecular weight excluding hydrogens is 518 g/mol. The van der Waals surface area contributed by atoms with Crippen LogP contribution >= 0.6 is 0 Å². The fourth-order valence-corrected chi connectivity index (χ4v) is 4.40. The molecule has 1 heterocycles. The Morgan fingerprint density at radius 2 is 1.40 bits per heavy atom. The maximum atomic E-state index is 13.5. The molecule has 0 aliphatic heterocycles. The van der Waals surface area contributed by atoms with Crippen molar-refractivity contribution < 1.29 is 34.2 Å².